The van der Waals surface area contributed by atoms with Gasteiger partial charge in [-0.15, -0.1) is 0 Å². The predicted molar refractivity (Wildman–Crippen MR) is 119 cm³/mol. The number of fused-ring (bicyclic) bond motifs is 1. The SMILES string of the molecule is Cn1cc(-c2ccncc2)c(-c2ccc(OCC3=NC4C=CC=CC4C=N3)cc2)n1. The lowest BCUT2D eigenvalue weighted by atomic mass is 9.96. The van der Waals surface area contributed by atoms with Crippen molar-refractivity contribution in [2.75, 3.05) is 6.61 Å². The number of pyridine rings is 1. The summed E-state index contributed by atoms with van der Waals surface area (Å²) in [5, 5.41) is 4.65. The third-order valence-corrected chi connectivity index (χ3v) is 5.16. The molecule has 0 saturated carbocycles. The van der Waals surface area contributed by atoms with E-state index in [1.807, 2.05) is 72.7 Å². The molecule has 0 amide bonds. The van der Waals surface area contributed by atoms with Gasteiger partial charge in [-0.05, 0) is 42.0 Å². The van der Waals surface area contributed by atoms with E-state index in [0.717, 1.165) is 28.1 Å². The number of allylic oxidation sites excluding steroid dienone is 2. The molecule has 0 spiro atoms. The quantitative estimate of drug-likeness (QED) is 0.653. The van der Waals surface area contributed by atoms with Crippen molar-refractivity contribution in [3.8, 4) is 28.1 Å². The normalized spacial score (nSPS) is 19.4. The molecule has 0 saturated heterocycles. The Hall–Kier alpha value is -3.80. The summed E-state index contributed by atoms with van der Waals surface area (Å²) >= 11 is 0. The van der Waals surface area contributed by atoms with Gasteiger partial charge >= 0.3 is 0 Å². The van der Waals surface area contributed by atoms with Gasteiger partial charge in [-0.25, -0.2) is 4.99 Å². The second-order valence-electron chi connectivity index (χ2n) is 7.28. The molecule has 1 aliphatic heterocycles. The third kappa shape index (κ3) is 3.72. The summed E-state index contributed by atoms with van der Waals surface area (Å²) in [4.78, 5) is 13.2. The minimum absolute atomic E-state index is 0.129. The average molecular weight is 395 g/mol. The molecule has 2 atom stereocenters. The van der Waals surface area contributed by atoms with Gasteiger partial charge in [-0.2, -0.15) is 5.10 Å². The van der Waals surface area contributed by atoms with Crippen LogP contribution in [0.5, 0.6) is 5.75 Å². The predicted octanol–water partition coefficient (Wildman–Crippen LogP) is 4.12. The molecule has 3 heterocycles. The molecule has 2 unspecified atom stereocenters. The van der Waals surface area contributed by atoms with Crippen LogP contribution in [0.4, 0.5) is 0 Å². The lowest BCUT2D eigenvalue weighted by Crippen LogP contribution is -2.26. The molecule has 2 aromatic heterocycles. The standard InChI is InChI=1S/C24H21N5O/c1-29-15-21(17-10-12-25-13-11-17)24(28-29)18-6-8-20(9-7-18)30-16-23-26-14-19-4-2-3-5-22(19)27-23/h2-15,19,22H,16H2,1H3. The monoisotopic (exact) mass is 395 g/mol. The number of nitrogens with zero attached hydrogens (tertiary/aromatic N) is 5. The van der Waals surface area contributed by atoms with Gasteiger partial charge in [0.2, 0.25) is 0 Å². The van der Waals surface area contributed by atoms with Crippen LogP contribution in [-0.2, 0) is 7.05 Å². The summed E-state index contributed by atoms with van der Waals surface area (Å²) in [5.41, 5.74) is 4.12. The molecule has 30 heavy (non-hydrogen) atoms. The third-order valence-electron chi connectivity index (χ3n) is 5.16. The van der Waals surface area contributed by atoms with E-state index in [2.05, 4.69) is 32.2 Å². The summed E-state index contributed by atoms with van der Waals surface area (Å²) in [6.45, 7) is 0.350. The van der Waals surface area contributed by atoms with Crippen molar-refractivity contribution in [3.05, 3.63) is 79.3 Å². The van der Waals surface area contributed by atoms with Gasteiger partial charge in [0.15, 0.2) is 5.84 Å². The second-order valence-corrected chi connectivity index (χ2v) is 7.28. The number of aromatic nitrogens is 3. The lowest BCUT2D eigenvalue weighted by molar-refractivity contribution is 0.374. The topological polar surface area (TPSA) is 64.7 Å². The van der Waals surface area contributed by atoms with Crippen molar-refractivity contribution in [2.45, 2.75) is 6.04 Å². The average Bonchev–Trinajstić information content (AvgIpc) is 3.20. The maximum Gasteiger partial charge on any atom is 0.161 e. The molecule has 0 N–H and O–H groups in total. The summed E-state index contributed by atoms with van der Waals surface area (Å²) in [7, 11) is 1.93. The van der Waals surface area contributed by atoms with E-state index in [4.69, 9.17) is 4.74 Å². The summed E-state index contributed by atoms with van der Waals surface area (Å²) in [6, 6.07) is 12.1. The molecule has 3 aromatic rings. The van der Waals surface area contributed by atoms with E-state index in [1.54, 1.807) is 12.4 Å². The van der Waals surface area contributed by atoms with Gasteiger partial charge in [0.25, 0.3) is 0 Å². The van der Waals surface area contributed by atoms with E-state index in [-0.39, 0.29) is 12.0 Å². The maximum absolute atomic E-state index is 5.92. The molecule has 0 fully saturated rings. The van der Waals surface area contributed by atoms with E-state index in [1.165, 1.54) is 0 Å². The highest BCUT2D eigenvalue weighted by atomic mass is 16.5. The molecule has 5 rings (SSSR count). The molecule has 1 aliphatic carbocycles. The molecular formula is C24H21N5O. The lowest BCUT2D eigenvalue weighted by Gasteiger charge is -2.21. The first kappa shape index (κ1) is 18.2. The fourth-order valence-electron chi connectivity index (χ4n) is 3.63. The first-order valence-corrected chi connectivity index (χ1v) is 9.89. The van der Waals surface area contributed by atoms with Gasteiger partial charge in [0.1, 0.15) is 18.1 Å². The number of aliphatic imine (C=N–C) groups is 2. The van der Waals surface area contributed by atoms with Crippen molar-refractivity contribution in [2.24, 2.45) is 23.0 Å². The largest absolute Gasteiger partial charge is 0.486 e. The van der Waals surface area contributed by atoms with E-state index in [9.17, 15) is 0 Å². The van der Waals surface area contributed by atoms with Crippen molar-refractivity contribution < 1.29 is 4.74 Å². The van der Waals surface area contributed by atoms with Gasteiger partial charge < -0.3 is 4.74 Å². The van der Waals surface area contributed by atoms with E-state index in [0.29, 0.717) is 12.4 Å². The molecule has 0 bridgehead atoms. The zero-order valence-electron chi connectivity index (χ0n) is 16.6. The number of ether oxygens (including phenoxy) is 1. The highest BCUT2D eigenvalue weighted by Gasteiger charge is 2.20. The van der Waals surface area contributed by atoms with E-state index >= 15 is 0 Å². The first-order chi connectivity index (χ1) is 14.8. The van der Waals surface area contributed by atoms with Crippen LogP contribution in [0.25, 0.3) is 22.4 Å². The number of hydrogen-bond acceptors (Lipinski definition) is 5. The Labute approximate surface area is 175 Å². The summed E-state index contributed by atoms with van der Waals surface area (Å²) in [5.74, 6) is 1.75. The fourth-order valence-corrected chi connectivity index (χ4v) is 3.63. The van der Waals surface area contributed by atoms with Crippen LogP contribution >= 0.6 is 0 Å². The number of amidine groups is 1. The zero-order valence-corrected chi connectivity index (χ0v) is 16.6. The Morgan fingerprint density at radius 3 is 2.60 bits per heavy atom. The molecule has 6 heteroatoms. The maximum atomic E-state index is 5.92. The Morgan fingerprint density at radius 1 is 0.967 bits per heavy atom. The molecule has 6 nitrogen and oxygen atoms in total. The number of rotatable bonds is 5. The van der Waals surface area contributed by atoms with Crippen molar-refractivity contribution in [3.63, 3.8) is 0 Å². The first-order valence-electron chi connectivity index (χ1n) is 9.89. The van der Waals surface area contributed by atoms with Crippen LogP contribution in [-0.4, -0.2) is 39.5 Å². The Balaban J connectivity index is 1.30. The van der Waals surface area contributed by atoms with Crippen molar-refractivity contribution >= 4 is 12.1 Å². The van der Waals surface area contributed by atoms with Crippen molar-refractivity contribution in [1.29, 1.82) is 0 Å². The smallest absolute Gasteiger partial charge is 0.161 e. The Morgan fingerprint density at radius 2 is 1.77 bits per heavy atom. The van der Waals surface area contributed by atoms with Gasteiger partial charge in [0, 0.05) is 48.9 Å². The van der Waals surface area contributed by atoms with Gasteiger partial charge in [-0.1, -0.05) is 24.3 Å². The number of hydrogen-bond donors (Lipinski definition) is 0. The van der Waals surface area contributed by atoms with Crippen LogP contribution in [0.15, 0.2) is 89.3 Å². The van der Waals surface area contributed by atoms with E-state index < -0.39 is 0 Å². The number of benzene rings is 1. The highest BCUT2D eigenvalue weighted by molar-refractivity contribution is 5.94. The minimum Gasteiger partial charge on any atom is -0.486 e. The Bertz CT molecular complexity index is 1160. The van der Waals surface area contributed by atoms with Crippen LogP contribution in [0.1, 0.15) is 0 Å². The zero-order chi connectivity index (χ0) is 20.3. The van der Waals surface area contributed by atoms with Crippen LogP contribution in [0.3, 0.4) is 0 Å². The fraction of sp³-hybridized carbons (Fsp3) is 0.167. The number of aryl methyl sites for hydroxylation is 1. The van der Waals surface area contributed by atoms with Crippen LogP contribution in [0.2, 0.25) is 0 Å². The summed E-state index contributed by atoms with van der Waals surface area (Å²) < 4.78 is 7.75. The second kappa shape index (κ2) is 7.91. The van der Waals surface area contributed by atoms with Crippen LogP contribution < -0.4 is 4.74 Å². The molecule has 1 aromatic carbocycles. The molecular weight excluding hydrogens is 374 g/mol. The Kier molecular flexibility index (Phi) is 4.81. The summed E-state index contributed by atoms with van der Waals surface area (Å²) in [6.07, 6.45) is 15.8. The van der Waals surface area contributed by atoms with Gasteiger partial charge in [0.05, 0.1) is 6.04 Å². The van der Waals surface area contributed by atoms with Gasteiger partial charge in [-0.3, -0.25) is 14.7 Å². The van der Waals surface area contributed by atoms with Crippen molar-refractivity contribution in [1.82, 2.24) is 14.8 Å². The molecule has 148 valence electrons. The van der Waals surface area contributed by atoms with Crippen LogP contribution in [0, 0.1) is 5.92 Å². The molecule has 2 aliphatic rings. The minimum atomic E-state index is 0.129. The molecule has 0 radical (unpaired) electrons. The highest BCUT2D eigenvalue weighted by Crippen LogP contribution is 2.31.